The second-order valence-corrected chi connectivity index (χ2v) is 8.33. The maximum absolute atomic E-state index is 9.09. The zero-order valence-electron chi connectivity index (χ0n) is 15.5. The molecule has 0 radical (unpaired) electrons. The first-order valence-corrected chi connectivity index (χ1v) is 9.94. The van der Waals surface area contributed by atoms with E-state index in [-0.39, 0.29) is 0 Å². The van der Waals surface area contributed by atoms with E-state index in [2.05, 4.69) is 45.6 Å². The van der Waals surface area contributed by atoms with Crippen molar-refractivity contribution in [3.8, 4) is 6.07 Å². The molecule has 1 heterocycles. The van der Waals surface area contributed by atoms with Gasteiger partial charge in [0.05, 0.1) is 17.3 Å². The summed E-state index contributed by atoms with van der Waals surface area (Å²) in [7, 11) is 0. The van der Waals surface area contributed by atoms with Gasteiger partial charge in [-0.1, -0.05) is 46.4 Å². The maximum atomic E-state index is 9.09. The Labute approximate surface area is 151 Å². The predicted molar refractivity (Wildman–Crippen MR) is 105 cm³/mol. The summed E-state index contributed by atoms with van der Waals surface area (Å²) in [5, 5.41) is 10.2. The molecule has 1 aliphatic rings. The minimum atomic E-state index is 0.583. The predicted octanol–water partition coefficient (Wildman–Crippen LogP) is 5.23. The van der Waals surface area contributed by atoms with Gasteiger partial charge in [0, 0.05) is 18.3 Å². The lowest BCUT2D eigenvalue weighted by atomic mass is 10.0. The Morgan fingerprint density at radius 1 is 1.29 bits per heavy atom. The number of nitrogens with zero attached hydrogens (tertiary/aromatic N) is 3. The zero-order chi connectivity index (χ0) is 17.7. The van der Waals surface area contributed by atoms with Crippen LogP contribution in [0.25, 0.3) is 0 Å². The lowest BCUT2D eigenvalue weighted by Gasteiger charge is -2.29. The largest absolute Gasteiger partial charge is 0.347 e. The Morgan fingerprint density at radius 3 is 2.62 bits per heavy atom. The van der Waals surface area contributed by atoms with E-state index >= 15 is 0 Å². The summed E-state index contributed by atoms with van der Waals surface area (Å²) in [5.41, 5.74) is 2.88. The smallest absolute Gasteiger partial charge is 0.164 e. The van der Waals surface area contributed by atoms with E-state index in [4.69, 9.17) is 10.3 Å². The van der Waals surface area contributed by atoms with Crippen molar-refractivity contribution in [3.63, 3.8) is 0 Å². The monoisotopic (exact) mass is 343 g/mol. The van der Waals surface area contributed by atoms with Crippen molar-refractivity contribution in [1.82, 2.24) is 4.90 Å². The third-order valence-electron chi connectivity index (χ3n) is 4.20. The van der Waals surface area contributed by atoms with Crippen LogP contribution in [0.2, 0.25) is 0 Å². The van der Waals surface area contributed by atoms with Gasteiger partial charge in [0.2, 0.25) is 0 Å². The van der Waals surface area contributed by atoms with Crippen molar-refractivity contribution < 1.29 is 0 Å². The van der Waals surface area contributed by atoms with Crippen LogP contribution in [0, 0.1) is 23.2 Å². The highest BCUT2D eigenvalue weighted by molar-refractivity contribution is 8.14. The van der Waals surface area contributed by atoms with Crippen molar-refractivity contribution in [2.24, 2.45) is 16.8 Å². The minimum absolute atomic E-state index is 0.583. The highest BCUT2D eigenvalue weighted by Gasteiger charge is 2.31. The number of nitriles is 1. The topological polar surface area (TPSA) is 39.4 Å². The fourth-order valence-electron chi connectivity index (χ4n) is 3.11. The van der Waals surface area contributed by atoms with Crippen LogP contribution in [0.4, 0.5) is 5.69 Å². The van der Waals surface area contributed by atoms with E-state index in [0.29, 0.717) is 23.4 Å². The number of aryl methyl sites for hydroxylation is 1. The van der Waals surface area contributed by atoms with Crippen LogP contribution in [0.5, 0.6) is 0 Å². The Balaban J connectivity index is 2.31. The molecule has 3 nitrogen and oxygen atoms in total. The van der Waals surface area contributed by atoms with Crippen molar-refractivity contribution in [2.75, 3.05) is 12.3 Å². The zero-order valence-corrected chi connectivity index (χ0v) is 16.4. The van der Waals surface area contributed by atoms with Crippen LogP contribution in [0.15, 0.2) is 23.2 Å². The normalized spacial score (nSPS) is 19.5. The van der Waals surface area contributed by atoms with Gasteiger partial charge < -0.3 is 4.90 Å². The molecule has 24 heavy (non-hydrogen) atoms. The first-order valence-electron chi connectivity index (χ1n) is 8.95. The number of benzene rings is 1. The van der Waals surface area contributed by atoms with Crippen LogP contribution in [-0.2, 0) is 6.42 Å². The maximum Gasteiger partial charge on any atom is 0.164 e. The second kappa shape index (κ2) is 8.58. The van der Waals surface area contributed by atoms with Crippen molar-refractivity contribution in [3.05, 3.63) is 29.3 Å². The number of thioether (sulfide) groups is 1. The second-order valence-electron chi connectivity index (χ2n) is 7.34. The summed E-state index contributed by atoms with van der Waals surface area (Å²) in [5.74, 6) is 2.45. The molecule has 1 aromatic carbocycles. The van der Waals surface area contributed by atoms with Crippen LogP contribution in [0.1, 0.15) is 52.2 Å². The van der Waals surface area contributed by atoms with E-state index in [1.165, 1.54) is 6.42 Å². The van der Waals surface area contributed by atoms with Gasteiger partial charge >= 0.3 is 0 Å². The van der Waals surface area contributed by atoms with Crippen molar-refractivity contribution >= 4 is 22.6 Å². The van der Waals surface area contributed by atoms with E-state index < -0.39 is 0 Å². The summed E-state index contributed by atoms with van der Waals surface area (Å²) in [6, 6.07) is 8.64. The van der Waals surface area contributed by atoms with Crippen LogP contribution >= 0.6 is 11.8 Å². The molecule has 1 saturated heterocycles. The number of amidine groups is 1. The molecule has 0 spiro atoms. The number of hydrogen-bond donors (Lipinski definition) is 0. The fraction of sp³-hybridized carbons (Fsp3) is 0.600. The van der Waals surface area contributed by atoms with Gasteiger partial charge in [0.1, 0.15) is 0 Å². The summed E-state index contributed by atoms with van der Waals surface area (Å²) in [4.78, 5) is 7.50. The molecule has 0 aromatic heterocycles. The highest BCUT2D eigenvalue weighted by atomic mass is 32.2. The van der Waals surface area contributed by atoms with Gasteiger partial charge in [-0.3, -0.25) is 0 Å². The lowest BCUT2D eigenvalue weighted by Crippen LogP contribution is -2.37. The fourth-order valence-corrected chi connectivity index (χ4v) is 4.32. The molecule has 2 rings (SSSR count). The SMILES string of the molecule is CCc1cc(C#N)ccc1/N=C1\SCC(CC(C)C)N1CC(C)C. The Kier molecular flexibility index (Phi) is 6.74. The van der Waals surface area contributed by atoms with Crippen molar-refractivity contribution in [2.45, 2.75) is 53.5 Å². The average molecular weight is 344 g/mol. The van der Waals surface area contributed by atoms with E-state index in [1.54, 1.807) is 0 Å². The number of hydrogen-bond acceptors (Lipinski definition) is 3. The van der Waals surface area contributed by atoms with Crippen molar-refractivity contribution in [1.29, 1.82) is 5.26 Å². The number of rotatable bonds is 6. The standard InChI is InChI=1S/C20H29N3S/c1-6-17-10-16(11-21)7-8-19(17)22-20-23(12-15(4)5)18(13-24-20)9-14(2)3/h7-8,10,14-15,18H,6,9,12-13H2,1-5H3/b22-20-. The summed E-state index contributed by atoms with van der Waals surface area (Å²) in [6.45, 7) is 12.3. The highest BCUT2D eigenvalue weighted by Crippen LogP contribution is 2.32. The van der Waals surface area contributed by atoms with Gasteiger partial charge in [0.25, 0.3) is 0 Å². The minimum Gasteiger partial charge on any atom is -0.347 e. The third kappa shape index (κ3) is 4.77. The molecular weight excluding hydrogens is 314 g/mol. The Morgan fingerprint density at radius 2 is 2.04 bits per heavy atom. The van der Waals surface area contributed by atoms with Crippen LogP contribution in [-0.4, -0.2) is 28.4 Å². The molecule has 0 amide bonds. The third-order valence-corrected chi connectivity index (χ3v) is 5.34. The molecule has 4 heteroatoms. The lowest BCUT2D eigenvalue weighted by molar-refractivity contribution is 0.279. The first kappa shape index (κ1) is 18.9. The summed E-state index contributed by atoms with van der Waals surface area (Å²) < 4.78 is 0. The molecule has 0 saturated carbocycles. The van der Waals surface area contributed by atoms with E-state index in [0.717, 1.165) is 35.1 Å². The summed E-state index contributed by atoms with van der Waals surface area (Å²) >= 11 is 1.88. The molecule has 130 valence electrons. The van der Waals surface area contributed by atoms with E-state index in [9.17, 15) is 0 Å². The van der Waals surface area contributed by atoms with Crippen LogP contribution < -0.4 is 0 Å². The van der Waals surface area contributed by atoms with Gasteiger partial charge in [-0.05, 0) is 48.4 Å². The molecule has 1 aliphatic heterocycles. The molecule has 0 aliphatic carbocycles. The molecule has 1 fully saturated rings. The molecule has 0 N–H and O–H groups in total. The molecule has 1 aromatic rings. The number of aliphatic imine (C=N–C) groups is 1. The molecule has 0 bridgehead atoms. The van der Waals surface area contributed by atoms with Gasteiger partial charge in [0.15, 0.2) is 5.17 Å². The van der Waals surface area contributed by atoms with Gasteiger partial charge in [-0.2, -0.15) is 5.26 Å². The Hall–Kier alpha value is -1.47. The first-order chi connectivity index (χ1) is 11.4. The van der Waals surface area contributed by atoms with Crippen LogP contribution in [0.3, 0.4) is 0 Å². The quantitative estimate of drug-likeness (QED) is 0.710. The van der Waals surface area contributed by atoms with Gasteiger partial charge in [-0.15, -0.1) is 0 Å². The van der Waals surface area contributed by atoms with E-state index in [1.807, 2.05) is 30.0 Å². The Bertz CT molecular complexity index is 628. The molecule has 1 unspecified atom stereocenters. The average Bonchev–Trinajstić information content (AvgIpc) is 2.88. The van der Waals surface area contributed by atoms with Gasteiger partial charge in [-0.25, -0.2) is 4.99 Å². The molecular formula is C20H29N3S. The molecule has 1 atom stereocenters. The summed E-state index contributed by atoms with van der Waals surface area (Å²) in [6.07, 6.45) is 2.11.